The van der Waals surface area contributed by atoms with Gasteiger partial charge in [0.25, 0.3) is 0 Å². The Bertz CT molecular complexity index is 288. The summed E-state index contributed by atoms with van der Waals surface area (Å²) in [5.74, 6) is 0. The number of hydrogen-bond acceptors (Lipinski definition) is 2. The van der Waals surface area contributed by atoms with E-state index in [9.17, 15) is 0 Å². The van der Waals surface area contributed by atoms with E-state index in [0.717, 1.165) is 0 Å². The minimum absolute atomic E-state index is 0.234. The molecule has 1 aromatic rings. The summed E-state index contributed by atoms with van der Waals surface area (Å²) in [6.07, 6.45) is 4.30. The molecule has 78 valence electrons. The second kappa shape index (κ2) is 4.63. The molecule has 2 heteroatoms. The zero-order valence-corrected chi connectivity index (χ0v) is 11.2. The lowest BCUT2D eigenvalue weighted by atomic mass is 9.87. The lowest BCUT2D eigenvalue weighted by molar-refractivity contribution is 0.565. The third-order valence-electron chi connectivity index (χ3n) is 2.18. The standard InChI is InChI=1S/C12H18S2/c1-12(2,3)11-9(13-4)7-6-8-10(11)14-5/h6-8H,1-5H3. The van der Waals surface area contributed by atoms with Crippen LogP contribution in [0.3, 0.4) is 0 Å². The molecule has 0 aliphatic heterocycles. The van der Waals surface area contributed by atoms with E-state index in [2.05, 4.69) is 51.5 Å². The third-order valence-corrected chi connectivity index (χ3v) is 3.74. The number of rotatable bonds is 2. The Kier molecular flexibility index (Phi) is 3.96. The van der Waals surface area contributed by atoms with Crippen molar-refractivity contribution < 1.29 is 0 Å². The summed E-state index contributed by atoms with van der Waals surface area (Å²) < 4.78 is 0. The molecule has 0 spiro atoms. The summed E-state index contributed by atoms with van der Waals surface area (Å²) in [5.41, 5.74) is 1.72. The molecule has 0 bridgehead atoms. The van der Waals surface area contributed by atoms with E-state index in [0.29, 0.717) is 0 Å². The van der Waals surface area contributed by atoms with Crippen molar-refractivity contribution in [2.24, 2.45) is 0 Å². The molecule has 0 aliphatic carbocycles. The molecule has 1 rings (SSSR count). The fraction of sp³-hybridized carbons (Fsp3) is 0.500. The van der Waals surface area contributed by atoms with Gasteiger partial charge in [0.15, 0.2) is 0 Å². The van der Waals surface area contributed by atoms with Gasteiger partial charge in [-0.2, -0.15) is 0 Å². The van der Waals surface area contributed by atoms with Crippen molar-refractivity contribution in [1.29, 1.82) is 0 Å². The Morgan fingerprint density at radius 1 is 0.929 bits per heavy atom. The second-order valence-electron chi connectivity index (χ2n) is 4.29. The van der Waals surface area contributed by atoms with Gasteiger partial charge >= 0.3 is 0 Å². The summed E-state index contributed by atoms with van der Waals surface area (Å²) in [6.45, 7) is 6.84. The van der Waals surface area contributed by atoms with Gasteiger partial charge in [0.2, 0.25) is 0 Å². The normalized spacial score (nSPS) is 11.8. The van der Waals surface area contributed by atoms with Gasteiger partial charge in [0, 0.05) is 9.79 Å². The zero-order chi connectivity index (χ0) is 10.8. The molecule has 0 N–H and O–H groups in total. The van der Waals surface area contributed by atoms with Crippen LogP contribution in [0.25, 0.3) is 0 Å². The van der Waals surface area contributed by atoms with Gasteiger partial charge in [-0.15, -0.1) is 23.5 Å². The molecule has 0 amide bonds. The topological polar surface area (TPSA) is 0 Å². The fourth-order valence-corrected chi connectivity index (χ4v) is 3.32. The Morgan fingerprint density at radius 3 is 1.64 bits per heavy atom. The number of hydrogen-bond donors (Lipinski definition) is 0. The highest BCUT2D eigenvalue weighted by molar-refractivity contribution is 7.99. The first-order chi connectivity index (χ1) is 6.50. The maximum atomic E-state index is 2.28. The van der Waals surface area contributed by atoms with Crippen LogP contribution in [-0.4, -0.2) is 12.5 Å². The third kappa shape index (κ3) is 2.48. The van der Waals surface area contributed by atoms with Gasteiger partial charge in [-0.3, -0.25) is 0 Å². The van der Waals surface area contributed by atoms with Crippen LogP contribution >= 0.6 is 23.5 Å². The van der Waals surface area contributed by atoms with Crippen molar-refractivity contribution in [3.05, 3.63) is 23.8 Å². The van der Waals surface area contributed by atoms with E-state index < -0.39 is 0 Å². The Morgan fingerprint density at radius 2 is 1.36 bits per heavy atom. The van der Waals surface area contributed by atoms with Crippen molar-refractivity contribution in [3.8, 4) is 0 Å². The van der Waals surface area contributed by atoms with Crippen LogP contribution in [0.4, 0.5) is 0 Å². The number of benzene rings is 1. The first-order valence-corrected chi connectivity index (χ1v) is 7.17. The molecule has 0 saturated heterocycles. The predicted molar refractivity (Wildman–Crippen MR) is 68.7 cm³/mol. The van der Waals surface area contributed by atoms with Crippen molar-refractivity contribution in [2.45, 2.75) is 36.0 Å². The van der Waals surface area contributed by atoms with Gasteiger partial charge in [-0.1, -0.05) is 26.8 Å². The molecular formula is C12H18S2. The summed E-state index contributed by atoms with van der Waals surface area (Å²) in [6, 6.07) is 6.57. The quantitative estimate of drug-likeness (QED) is 0.684. The highest BCUT2D eigenvalue weighted by atomic mass is 32.2. The summed E-state index contributed by atoms with van der Waals surface area (Å²) in [4.78, 5) is 2.81. The van der Waals surface area contributed by atoms with Crippen LogP contribution in [0.2, 0.25) is 0 Å². The van der Waals surface area contributed by atoms with Crippen molar-refractivity contribution >= 4 is 23.5 Å². The van der Waals surface area contributed by atoms with Crippen LogP contribution < -0.4 is 0 Å². The average Bonchev–Trinajstić information content (AvgIpc) is 2.15. The smallest absolute Gasteiger partial charge is 0.0118 e. The molecule has 0 aromatic heterocycles. The highest BCUT2D eigenvalue weighted by Crippen LogP contribution is 2.37. The minimum Gasteiger partial charge on any atom is -0.129 e. The molecule has 1 aromatic carbocycles. The lowest BCUT2D eigenvalue weighted by Gasteiger charge is -2.24. The van der Waals surface area contributed by atoms with Crippen LogP contribution in [0.5, 0.6) is 0 Å². The summed E-state index contributed by atoms with van der Waals surface area (Å²) in [7, 11) is 0. The van der Waals surface area contributed by atoms with Crippen LogP contribution in [0, 0.1) is 0 Å². The van der Waals surface area contributed by atoms with E-state index in [1.807, 2.05) is 23.5 Å². The monoisotopic (exact) mass is 226 g/mol. The number of thioether (sulfide) groups is 2. The van der Waals surface area contributed by atoms with Crippen LogP contribution in [0.1, 0.15) is 26.3 Å². The zero-order valence-electron chi connectivity index (χ0n) is 9.55. The van der Waals surface area contributed by atoms with E-state index in [1.165, 1.54) is 15.4 Å². The Hall–Kier alpha value is -0.0800. The molecule has 14 heavy (non-hydrogen) atoms. The van der Waals surface area contributed by atoms with Gasteiger partial charge in [-0.05, 0) is 35.6 Å². The first kappa shape index (κ1) is 12.0. The Labute approximate surface area is 95.9 Å². The van der Waals surface area contributed by atoms with E-state index in [-0.39, 0.29) is 5.41 Å². The van der Waals surface area contributed by atoms with Crippen LogP contribution in [0.15, 0.2) is 28.0 Å². The average molecular weight is 226 g/mol. The molecule has 0 atom stereocenters. The van der Waals surface area contributed by atoms with Gasteiger partial charge < -0.3 is 0 Å². The van der Waals surface area contributed by atoms with Gasteiger partial charge in [0.1, 0.15) is 0 Å². The lowest BCUT2D eigenvalue weighted by Crippen LogP contribution is -2.13. The van der Waals surface area contributed by atoms with Gasteiger partial charge in [0.05, 0.1) is 0 Å². The fourth-order valence-electron chi connectivity index (χ4n) is 1.59. The SMILES string of the molecule is CSc1cccc(SC)c1C(C)(C)C. The molecule has 0 fully saturated rings. The molecule has 0 unspecified atom stereocenters. The molecular weight excluding hydrogens is 208 g/mol. The van der Waals surface area contributed by atoms with Crippen molar-refractivity contribution in [3.63, 3.8) is 0 Å². The van der Waals surface area contributed by atoms with Gasteiger partial charge in [-0.25, -0.2) is 0 Å². The Balaban J connectivity index is 3.34. The molecule has 0 nitrogen and oxygen atoms in total. The highest BCUT2D eigenvalue weighted by Gasteiger charge is 2.20. The van der Waals surface area contributed by atoms with Crippen molar-refractivity contribution in [2.75, 3.05) is 12.5 Å². The maximum Gasteiger partial charge on any atom is 0.0118 e. The second-order valence-corrected chi connectivity index (χ2v) is 5.98. The molecule has 0 heterocycles. The molecule has 0 saturated carbocycles. The first-order valence-electron chi connectivity index (χ1n) is 4.72. The largest absolute Gasteiger partial charge is 0.129 e. The summed E-state index contributed by atoms with van der Waals surface area (Å²) >= 11 is 3.68. The van der Waals surface area contributed by atoms with Crippen molar-refractivity contribution in [1.82, 2.24) is 0 Å². The summed E-state index contributed by atoms with van der Waals surface area (Å²) in [5, 5.41) is 0. The van der Waals surface area contributed by atoms with E-state index >= 15 is 0 Å². The predicted octanol–water partition coefficient (Wildman–Crippen LogP) is 4.43. The van der Waals surface area contributed by atoms with E-state index in [1.54, 1.807) is 0 Å². The minimum atomic E-state index is 0.234. The molecule has 0 radical (unpaired) electrons. The maximum absolute atomic E-state index is 2.28. The van der Waals surface area contributed by atoms with Crippen LogP contribution in [-0.2, 0) is 5.41 Å². The van der Waals surface area contributed by atoms with E-state index in [4.69, 9.17) is 0 Å². The molecule has 0 aliphatic rings.